The van der Waals surface area contributed by atoms with Crippen molar-refractivity contribution in [2.45, 2.75) is 45.4 Å². The van der Waals surface area contributed by atoms with Gasteiger partial charge in [-0.3, -0.25) is 4.79 Å². The number of rotatable bonds is 9. The van der Waals surface area contributed by atoms with Crippen molar-refractivity contribution >= 4 is 23.2 Å². The average Bonchev–Trinajstić information content (AvgIpc) is 3.02. The van der Waals surface area contributed by atoms with E-state index in [2.05, 4.69) is 97.2 Å². The highest BCUT2D eigenvalue weighted by molar-refractivity contribution is 6.32. The molecule has 4 heteroatoms. The molecule has 42 heavy (non-hydrogen) atoms. The summed E-state index contributed by atoms with van der Waals surface area (Å²) in [6.45, 7) is 5.86. The summed E-state index contributed by atoms with van der Waals surface area (Å²) in [5.41, 5.74) is 7.05. The van der Waals surface area contributed by atoms with Crippen molar-refractivity contribution in [1.29, 1.82) is 0 Å². The number of hydrogen-bond acceptors (Lipinski definition) is 2. The molecule has 212 valence electrons. The van der Waals surface area contributed by atoms with Gasteiger partial charge in [-0.05, 0) is 77.8 Å². The Morgan fingerprint density at radius 1 is 0.762 bits per heavy atom. The van der Waals surface area contributed by atoms with Crippen LogP contribution in [0.25, 0.3) is 0 Å². The fourth-order valence-electron chi connectivity index (χ4n) is 5.91. The summed E-state index contributed by atoms with van der Waals surface area (Å²) in [5.74, 6) is -0.366. The van der Waals surface area contributed by atoms with Crippen molar-refractivity contribution in [3.8, 4) is 5.75 Å². The highest BCUT2D eigenvalue weighted by Crippen LogP contribution is 2.45. The van der Waals surface area contributed by atoms with E-state index in [1.807, 2.05) is 31.2 Å². The topological polar surface area (TPSA) is 49.3 Å². The first-order valence-corrected chi connectivity index (χ1v) is 14.9. The molecule has 2 N–H and O–H groups in total. The van der Waals surface area contributed by atoms with E-state index in [1.165, 1.54) is 0 Å². The molecule has 0 aliphatic heterocycles. The number of carbonyl (C=O) groups is 1. The second kappa shape index (κ2) is 12.7. The molecule has 0 radical (unpaired) electrons. The SMILES string of the molecule is CCCCc1cc(Cl)c(C)c(C(=O)Nc2ccc(C(c3ccccc3)(c3ccccc3)c3ccccc3)cc2C)c1O. The zero-order chi connectivity index (χ0) is 29.7. The third kappa shape index (κ3) is 5.45. The number of phenols is 1. The van der Waals surface area contributed by atoms with Gasteiger partial charge in [0.1, 0.15) is 5.75 Å². The quantitative estimate of drug-likeness (QED) is 0.172. The number of aryl methyl sites for hydroxylation is 2. The van der Waals surface area contributed by atoms with Crippen molar-refractivity contribution in [2.75, 3.05) is 5.32 Å². The molecule has 0 saturated carbocycles. The van der Waals surface area contributed by atoms with Crippen LogP contribution in [0.15, 0.2) is 115 Å². The van der Waals surface area contributed by atoms with E-state index in [-0.39, 0.29) is 17.2 Å². The molecular formula is C38H36ClNO2. The van der Waals surface area contributed by atoms with Crippen LogP contribution in [0, 0.1) is 13.8 Å². The predicted octanol–water partition coefficient (Wildman–Crippen LogP) is 9.64. The van der Waals surface area contributed by atoms with Crippen LogP contribution >= 0.6 is 11.6 Å². The summed E-state index contributed by atoms with van der Waals surface area (Å²) in [6, 6.07) is 39.6. The molecule has 0 aliphatic rings. The first kappa shape index (κ1) is 29.2. The molecule has 0 atom stereocenters. The fourth-order valence-corrected chi connectivity index (χ4v) is 6.14. The zero-order valence-electron chi connectivity index (χ0n) is 24.3. The maximum Gasteiger partial charge on any atom is 0.259 e. The molecule has 5 rings (SSSR count). The van der Waals surface area contributed by atoms with Crippen LogP contribution < -0.4 is 5.32 Å². The number of hydrogen-bond donors (Lipinski definition) is 2. The van der Waals surface area contributed by atoms with E-state index in [0.717, 1.165) is 40.7 Å². The molecular weight excluding hydrogens is 538 g/mol. The summed E-state index contributed by atoms with van der Waals surface area (Å²) in [6.07, 6.45) is 2.55. The first-order chi connectivity index (χ1) is 20.4. The minimum Gasteiger partial charge on any atom is -0.507 e. The van der Waals surface area contributed by atoms with Gasteiger partial charge in [-0.1, -0.05) is 128 Å². The lowest BCUT2D eigenvalue weighted by atomic mass is 9.65. The molecule has 0 fully saturated rings. The lowest BCUT2D eigenvalue weighted by Crippen LogP contribution is -2.31. The predicted molar refractivity (Wildman–Crippen MR) is 174 cm³/mol. The summed E-state index contributed by atoms with van der Waals surface area (Å²) < 4.78 is 0. The number of aromatic hydroxyl groups is 1. The van der Waals surface area contributed by atoms with E-state index in [4.69, 9.17) is 11.6 Å². The number of nitrogens with one attached hydrogen (secondary N) is 1. The van der Waals surface area contributed by atoms with E-state index in [9.17, 15) is 9.90 Å². The average molecular weight is 574 g/mol. The Morgan fingerprint density at radius 2 is 1.29 bits per heavy atom. The van der Waals surface area contributed by atoms with Gasteiger partial charge in [0.2, 0.25) is 0 Å². The number of amides is 1. The monoisotopic (exact) mass is 573 g/mol. The Morgan fingerprint density at radius 3 is 1.76 bits per heavy atom. The number of anilines is 1. The maximum absolute atomic E-state index is 13.6. The number of unbranched alkanes of at least 4 members (excludes halogenated alkanes) is 1. The summed E-state index contributed by atoms with van der Waals surface area (Å²) in [5, 5.41) is 14.6. The minimum atomic E-state index is -0.576. The van der Waals surface area contributed by atoms with E-state index < -0.39 is 5.41 Å². The van der Waals surface area contributed by atoms with Gasteiger partial charge in [-0.25, -0.2) is 0 Å². The molecule has 0 saturated heterocycles. The Balaban J connectivity index is 1.61. The molecule has 1 amide bonds. The van der Waals surface area contributed by atoms with Crippen LogP contribution in [-0.2, 0) is 11.8 Å². The molecule has 5 aromatic carbocycles. The van der Waals surface area contributed by atoms with Gasteiger partial charge in [0.25, 0.3) is 5.91 Å². The molecule has 0 bridgehead atoms. The molecule has 3 nitrogen and oxygen atoms in total. The van der Waals surface area contributed by atoms with E-state index in [1.54, 1.807) is 13.0 Å². The van der Waals surface area contributed by atoms with Gasteiger partial charge in [0.05, 0.1) is 11.0 Å². The van der Waals surface area contributed by atoms with Crippen LogP contribution in [0.2, 0.25) is 5.02 Å². The van der Waals surface area contributed by atoms with Gasteiger partial charge in [-0.15, -0.1) is 0 Å². The largest absolute Gasteiger partial charge is 0.507 e. The van der Waals surface area contributed by atoms with E-state index >= 15 is 0 Å². The molecule has 0 spiro atoms. The Labute approximate surface area is 253 Å². The lowest BCUT2D eigenvalue weighted by Gasteiger charge is -2.37. The number of carbonyl (C=O) groups excluding carboxylic acids is 1. The fraction of sp³-hybridized carbons (Fsp3) is 0.184. The van der Waals surface area contributed by atoms with Crippen LogP contribution in [0.5, 0.6) is 5.75 Å². The molecule has 0 aromatic heterocycles. The Hall–Kier alpha value is -4.34. The Kier molecular flexibility index (Phi) is 8.80. The van der Waals surface area contributed by atoms with Crippen molar-refractivity contribution in [3.05, 3.63) is 165 Å². The summed E-state index contributed by atoms with van der Waals surface area (Å²) >= 11 is 6.50. The molecule has 0 aliphatic carbocycles. The second-order valence-corrected chi connectivity index (χ2v) is 11.2. The zero-order valence-corrected chi connectivity index (χ0v) is 25.1. The molecule has 0 unspecified atom stereocenters. The Bertz CT molecular complexity index is 1590. The van der Waals surface area contributed by atoms with Crippen molar-refractivity contribution in [3.63, 3.8) is 0 Å². The number of phenolic OH excluding ortho intramolecular Hbond substituents is 1. The third-order valence-corrected chi connectivity index (χ3v) is 8.52. The summed E-state index contributed by atoms with van der Waals surface area (Å²) in [7, 11) is 0. The van der Waals surface area contributed by atoms with Gasteiger partial charge in [0.15, 0.2) is 0 Å². The minimum absolute atomic E-state index is 0.00775. The standard InChI is InChI=1S/C38H36ClNO2/c1-4-5-15-28-25-33(39)27(3)35(36(28)41)37(42)40-34-23-22-32(24-26(34)2)38(29-16-9-6-10-17-29,30-18-11-7-12-19-30)31-20-13-8-14-21-31/h6-14,16-25,41H,4-5,15H2,1-3H3,(H,40,42). The molecule has 5 aromatic rings. The van der Waals surface area contributed by atoms with Gasteiger partial charge < -0.3 is 10.4 Å². The highest BCUT2D eigenvalue weighted by atomic mass is 35.5. The maximum atomic E-state index is 13.6. The third-order valence-electron chi connectivity index (χ3n) is 8.13. The first-order valence-electron chi connectivity index (χ1n) is 14.5. The second-order valence-electron chi connectivity index (χ2n) is 10.8. The summed E-state index contributed by atoms with van der Waals surface area (Å²) in [4.78, 5) is 13.6. The van der Waals surface area contributed by atoms with Crippen molar-refractivity contribution in [1.82, 2.24) is 0 Å². The highest BCUT2D eigenvalue weighted by Gasteiger charge is 2.38. The van der Waals surface area contributed by atoms with Crippen LogP contribution in [0.3, 0.4) is 0 Å². The van der Waals surface area contributed by atoms with Gasteiger partial charge in [0, 0.05) is 10.7 Å². The van der Waals surface area contributed by atoms with Crippen LogP contribution in [0.4, 0.5) is 5.69 Å². The number of halogens is 1. The van der Waals surface area contributed by atoms with E-state index in [0.29, 0.717) is 28.3 Å². The number of benzene rings is 5. The molecule has 0 heterocycles. The van der Waals surface area contributed by atoms with Crippen LogP contribution in [0.1, 0.15) is 69.1 Å². The lowest BCUT2D eigenvalue weighted by molar-refractivity contribution is 0.102. The smallest absolute Gasteiger partial charge is 0.259 e. The van der Waals surface area contributed by atoms with Gasteiger partial charge >= 0.3 is 0 Å². The van der Waals surface area contributed by atoms with Crippen molar-refractivity contribution in [2.24, 2.45) is 0 Å². The normalized spacial score (nSPS) is 11.3. The van der Waals surface area contributed by atoms with Crippen molar-refractivity contribution < 1.29 is 9.90 Å². The van der Waals surface area contributed by atoms with Gasteiger partial charge in [-0.2, -0.15) is 0 Å². The van der Waals surface area contributed by atoms with Crippen LogP contribution in [-0.4, -0.2) is 11.0 Å².